The maximum absolute atomic E-state index is 10.9. The van der Waals surface area contributed by atoms with Gasteiger partial charge in [-0.3, -0.25) is 0 Å². The van der Waals surface area contributed by atoms with Crippen LogP contribution in [-0.4, -0.2) is 25.5 Å². The first-order chi connectivity index (χ1) is 7.81. The third-order valence-electron chi connectivity index (χ3n) is 2.33. The molecule has 17 heavy (non-hydrogen) atoms. The molecule has 0 spiro atoms. The summed E-state index contributed by atoms with van der Waals surface area (Å²) in [6.07, 6.45) is 1.12. The van der Waals surface area contributed by atoms with Crippen molar-refractivity contribution in [2.24, 2.45) is 0 Å². The van der Waals surface area contributed by atoms with E-state index in [1.807, 2.05) is 0 Å². The van der Waals surface area contributed by atoms with E-state index in [2.05, 4.69) is 0 Å². The van der Waals surface area contributed by atoms with Crippen molar-refractivity contribution in [2.75, 3.05) is 12.0 Å². The van der Waals surface area contributed by atoms with Crippen LogP contribution in [-0.2, 0) is 9.84 Å². The Morgan fingerprint density at radius 2 is 2.00 bits per heavy atom. The van der Waals surface area contributed by atoms with Crippen LogP contribution in [0.1, 0.15) is 24.5 Å². The van der Waals surface area contributed by atoms with Crippen LogP contribution in [0.3, 0.4) is 0 Å². The highest BCUT2D eigenvalue weighted by Crippen LogP contribution is 2.31. The van der Waals surface area contributed by atoms with Crippen molar-refractivity contribution >= 4 is 33.0 Å². The molecule has 0 saturated heterocycles. The first-order valence-electron chi connectivity index (χ1n) is 5.11. The van der Waals surface area contributed by atoms with Crippen molar-refractivity contribution in [3.05, 3.63) is 33.8 Å². The van der Waals surface area contributed by atoms with Gasteiger partial charge in [0, 0.05) is 17.6 Å². The van der Waals surface area contributed by atoms with Crippen molar-refractivity contribution in [3.8, 4) is 0 Å². The molecule has 0 aliphatic heterocycles. The molecule has 0 bridgehead atoms. The second-order valence-corrected chi connectivity index (χ2v) is 6.98. The Morgan fingerprint density at radius 3 is 2.59 bits per heavy atom. The summed E-state index contributed by atoms with van der Waals surface area (Å²) in [6, 6.07) is 5.01. The van der Waals surface area contributed by atoms with E-state index < -0.39 is 15.9 Å². The number of aliphatic hydroxyl groups excluding tert-OH is 1. The first-order valence-corrected chi connectivity index (χ1v) is 7.92. The van der Waals surface area contributed by atoms with Gasteiger partial charge in [-0.25, -0.2) is 8.42 Å². The number of sulfone groups is 1. The number of rotatable bonds is 5. The number of benzene rings is 1. The van der Waals surface area contributed by atoms with Gasteiger partial charge in [-0.05, 0) is 18.9 Å². The molecule has 0 aromatic heterocycles. The molecule has 0 saturated carbocycles. The van der Waals surface area contributed by atoms with Gasteiger partial charge in [0.2, 0.25) is 0 Å². The standard InChI is InChI=1S/C11H14Cl2O3S/c1-17(15,16)7-3-6-10(14)8-4-2-5-9(12)11(8)13/h2,4-5,10,14H,3,6-7H2,1H3. The van der Waals surface area contributed by atoms with Crippen molar-refractivity contribution in [1.29, 1.82) is 0 Å². The highest BCUT2D eigenvalue weighted by atomic mass is 35.5. The summed E-state index contributed by atoms with van der Waals surface area (Å²) in [5, 5.41) is 10.6. The summed E-state index contributed by atoms with van der Waals surface area (Å²) in [5.74, 6) is 0.0578. The third kappa shape index (κ3) is 4.84. The molecular weight excluding hydrogens is 283 g/mol. The summed E-state index contributed by atoms with van der Waals surface area (Å²) < 4.78 is 21.9. The van der Waals surface area contributed by atoms with E-state index in [1.54, 1.807) is 18.2 Å². The molecule has 1 N–H and O–H groups in total. The highest BCUT2D eigenvalue weighted by molar-refractivity contribution is 7.90. The van der Waals surface area contributed by atoms with Crippen molar-refractivity contribution in [3.63, 3.8) is 0 Å². The largest absolute Gasteiger partial charge is 0.388 e. The molecule has 1 aromatic rings. The molecule has 0 amide bonds. The molecule has 1 atom stereocenters. The minimum Gasteiger partial charge on any atom is -0.388 e. The predicted molar refractivity (Wildman–Crippen MR) is 70.4 cm³/mol. The van der Waals surface area contributed by atoms with Crippen molar-refractivity contribution in [1.82, 2.24) is 0 Å². The Bertz CT molecular complexity index is 485. The summed E-state index contributed by atoms with van der Waals surface area (Å²) >= 11 is 11.8. The minimum atomic E-state index is -2.99. The number of hydrogen-bond acceptors (Lipinski definition) is 3. The fourth-order valence-electron chi connectivity index (χ4n) is 1.47. The van der Waals surface area contributed by atoms with Crippen molar-refractivity contribution < 1.29 is 13.5 Å². The van der Waals surface area contributed by atoms with E-state index in [9.17, 15) is 13.5 Å². The van der Waals surface area contributed by atoms with E-state index in [0.717, 1.165) is 0 Å². The molecule has 96 valence electrons. The number of halogens is 2. The van der Waals surface area contributed by atoms with Crippen LogP contribution in [0.4, 0.5) is 0 Å². The number of hydrogen-bond donors (Lipinski definition) is 1. The Morgan fingerprint density at radius 1 is 1.35 bits per heavy atom. The predicted octanol–water partition coefficient (Wildman–Crippen LogP) is 2.85. The van der Waals surface area contributed by atoms with E-state index in [4.69, 9.17) is 23.2 Å². The molecular formula is C11H14Cl2O3S. The van der Waals surface area contributed by atoms with Crippen LogP contribution in [0.2, 0.25) is 10.0 Å². The topological polar surface area (TPSA) is 54.4 Å². The van der Waals surface area contributed by atoms with Gasteiger partial charge in [0.25, 0.3) is 0 Å². The zero-order chi connectivity index (χ0) is 13.1. The van der Waals surface area contributed by atoms with Gasteiger partial charge >= 0.3 is 0 Å². The van der Waals surface area contributed by atoms with Gasteiger partial charge in [0.15, 0.2) is 0 Å². The summed E-state index contributed by atoms with van der Waals surface area (Å²) in [5.41, 5.74) is 0.535. The van der Waals surface area contributed by atoms with Crippen LogP contribution < -0.4 is 0 Å². The lowest BCUT2D eigenvalue weighted by molar-refractivity contribution is 0.167. The summed E-state index contributed by atoms with van der Waals surface area (Å²) in [7, 11) is -2.99. The minimum absolute atomic E-state index is 0.0578. The summed E-state index contributed by atoms with van der Waals surface area (Å²) in [4.78, 5) is 0. The third-order valence-corrected chi connectivity index (χ3v) is 4.20. The van der Waals surface area contributed by atoms with E-state index in [1.165, 1.54) is 6.26 Å². The first kappa shape index (κ1) is 14.8. The van der Waals surface area contributed by atoms with E-state index in [-0.39, 0.29) is 5.75 Å². The van der Waals surface area contributed by atoms with Gasteiger partial charge in [-0.15, -0.1) is 0 Å². The second kappa shape index (κ2) is 6.05. The Kier molecular flexibility index (Phi) is 5.25. The maximum atomic E-state index is 10.9. The lowest BCUT2D eigenvalue weighted by Crippen LogP contribution is -2.06. The number of aliphatic hydroxyl groups is 1. The molecule has 0 aliphatic rings. The normalized spacial score (nSPS) is 13.6. The lowest BCUT2D eigenvalue weighted by atomic mass is 10.1. The Labute approximate surface area is 111 Å². The van der Waals surface area contributed by atoms with Gasteiger partial charge in [-0.1, -0.05) is 35.3 Å². The molecule has 3 nitrogen and oxygen atoms in total. The molecule has 6 heteroatoms. The van der Waals surface area contributed by atoms with Crippen LogP contribution >= 0.6 is 23.2 Å². The van der Waals surface area contributed by atoms with Crippen LogP contribution in [0, 0.1) is 0 Å². The van der Waals surface area contributed by atoms with Crippen molar-refractivity contribution in [2.45, 2.75) is 18.9 Å². The molecule has 0 fully saturated rings. The average molecular weight is 297 g/mol. The van der Waals surface area contributed by atoms with Crippen LogP contribution in [0.15, 0.2) is 18.2 Å². The SMILES string of the molecule is CS(=O)(=O)CCCC(O)c1cccc(Cl)c1Cl. The second-order valence-electron chi connectivity index (χ2n) is 3.93. The maximum Gasteiger partial charge on any atom is 0.147 e. The van der Waals surface area contributed by atoms with Gasteiger partial charge in [0.1, 0.15) is 9.84 Å². The smallest absolute Gasteiger partial charge is 0.147 e. The van der Waals surface area contributed by atoms with Gasteiger partial charge in [-0.2, -0.15) is 0 Å². The van der Waals surface area contributed by atoms with Crippen LogP contribution in [0.25, 0.3) is 0 Å². The highest BCUT2D eigenvalue weighted by Gasteiger charge is 2.14. The van der Waals surface area contributed by atoms with Gasteiger partial charge < -0.3 is 5.11 Å². The molecule has 1 rings (SSSR count). The molecule has 0 heterocycles. The van der Waals surface area contributed by atoms with E-state index >= 15 is 0 Å². The van der Waals surface area contributed by atoms with Crippen LogP contribution in [0.5, 0.6) is 0 Å². The molecule has 1 unspecified atom stereocenters. The molecule has 1 aromatic carbocycles. The fraction of sp³-hybridized carbons (Fsp3) is 0.455. The molecule has 0 radical (unpaired) electrons. The zero-order valence-corrected chi connectivity index (χ0v) is 11.7. The Hall–Kier alpha value is -0.290. The monoisotopic (exact) mass is 296 g/mol. The lowest BCUT2D eigenvalue weighted by Gasteiger charge is -2.12. The fourth-order valence-corrected chi connectivity index (χ4v) is 2.60. The molecule has 0 aliphatic carbocycles. The average Bonchev–Trinajstić information content (AvgIpc) is 2.20. The van der Waals surface area contributed by atoms with E-state index in [0.29, 0.717) is 28.5 Å². The summed E-state index contributed by atoms with van der Waals surface area (Å²) in [6.45, 7) is 0. The Balaban J connectivity index is 2.64. The quantitative estimate of drug-likeness (QED) is 0.909. The zero-order valence-electron chi connectivity index (χ0n) is 9.36. The van der Waals surface area contributed by atoms with Gasteiger partial charge in [0.05, 0.1) is 16.1 Å².